The molecule has 192 valence electrons. The van der Waals surface area contributed by atoms with Gasteiger partial charge in [0.05, 0.1) is 29.2 Å². The van der Waals surface area contributed by atoms with E-state index in [0.717, 1.165) is 17.3 Å². The Morgan fingerprint density at radius 2 is 2.06 bits per heavy atom. The summed E-state index contributed by atoms with van der Waals surface area (Å²) in [5.41, 5.74) is 0.507. The van der Waals surface area contributed by atoms with Crippen molar-refractivity contribution < 1.29 is 24.1 Å². The second-order valence-corrected chi connectivity index (χ2v) is 10.3. The Hall–Kier alpha value is -2.75. The molecule has 1 fully saturated rings. The van der Waals surface area contributed by atoms with Gasteiger partial charge in [0.2, 0.25) is 0 Å². The van der Waals surface area contributed by atoms with Crippen LogP contribution in [-0.2, 0) is 11.5 Å². The van der Waals surface area contributed by atoms with Gasteiger partial charge >= 0.3 is 5.97 Å². The number of hydrogen-bond acceptors (Lipinski definition) is 7. The zero-order chi connectivity index (χ0) is 25.5. The maximum Gasteiger partial charge on any atom is 0.309 e. The Balaban J connectivity index is 1.40. The number of hydrogen-bond donors (Lipinski definition) is 2. The molecule has 0 aliphatic carbocycles. The number of alkyl halides is 1. The highest BCUT2D eigenvalue weighted by Crippen LogP contribution is 2.40. The summed E-state index contributed by atoms with van der Waals surface area (Å²) in [6.45, 7) is 1.49. The number of rotatable bonds is 11. The van der Waals surface area contributed by atoms with E-state index in [2.05, 4.69) is 14.9 Å². The monoisotopic (exact) mass is 513 g/mol. The minimum Gasteiger partial charge on any atom is -0.497 e. The standard InChI is InChI=1S/C27H32FN3O4S/c1-35-20-5-6-22-21(16-20)25(19(17-28)18-30-22)23(32)7-8-27(26(33)34)9-12-31(13-10-27)14-15-36-24-4-2-3-11-29-24/h2-6,11,16,18,23,32H,7-10,12-15,17H2,1H3,(H,33,34). The number of fused-ring (bicyclic) bond motifs is 1. The minimum atomic E-state index is -1.00. The van der Waals surface area contributed by atoms with Crippen molar-refractivity contribution in [2.75, 3.05) is 32.5 Å². The lowest BCUT2D eigenvalue weighted by Gasteiger charge is -2.39. The lowest BCUT2D eigenvalue weighted by molar-refractivity contribution is -0.153. The van der Waals surface area contributed by atoms with Crippen LogP contribution in [0.25, 0.3) is 10.9 Å². The maximum atomic E-state index is 13.8. The van der Waals surface area contributed by atoms with Gasteiger partial charge in [-0.15, -0.1) is 11.8 Å². The van der Waals surface area contributed by atoms with Crippen molar-refractivity contribution in [3.63, 3.8) is 0 Å². The number of nitrogens with zero attached hydrogens (tertiary/aromatic N) is 3. The molecule has 4 rings (SSSR count). The van der Waals surface area contributed by atoms with Crippen LogP contribution in [0.15, 0.2) is 53.8 Å². The van der Waals surface area contributed by atoms with Crippen LogP contribution >= 0.6 is 11.8 Å². The van der Waals surface area contributed by atoms with Crippen molar-refractivity contribution in [1.82, 2.24) is 14.9 Å². The first kappa shape index (κ1) is 26.3. The number of carbonyl (C=O) groups is 1. The average molecular weight is 514 g/mol. The summed E-state index contributed by atoms with van der Waals surface area (Å²) in [6, 6.07) is 11.1. The third-order valence-corrected chi connectivity index (χ3v) is 8.06. The van der Waals surface area contributed by atoms with Crippen molar-refractivity contribution in [2.24, 2.45) is 5.41 Å². The molecule has 1 aliphatic rings. The van der Waals surface area contributed by atoms with Crippen molar-refractivity contribution in [1.29, 1.82) is 0 Å². The van der Waals surface area contributed by atoms with Crippen molar-refractivity contribution >= 4 is 28.6 Å². The summed E-state index contributed by atoms with van der Waals surface area (Å²) in [7, 11) is 1.55. The predicted molar refractivity (Wildman–Crippen MR) is 138 cm³/mol. The van der Waals surface area contributed by atoms with E-state index in [9.17, 15) is 19.4 Å². The van der Waals surface area contributed by atoms with Gasteiger partial charge in [0.15, 0.2) is 0 Å². The number of carboxylic acids is 1. The normalized spacial score (nSPS) is 16.6. The summed E-state index contributed by atoms with van der Waals surface area (Å²) in [5.74, 6) is 0.647. The number of benzene rings is 1. The Kier molecular flexibility index (Phi) is 8.77. The molecule has 0 saturated carbocycles. The molecule has 0 radical (unpaired) electrons. The number of carboxylic acid groups (broad SMARTS) is 1. The number of aliphatic carboxylic acids is 1. The third-order valence-electron chi connectivity index (χ3n) is 7.13. The molecule has 2 N–H and O–H groups in total. The fourth-order valence-electron chi connectivity index (χ4n) is 4.91. The summed E-state index contributed by atoms with van der Waals surface area (Å²) < 4.78 is 19.1. The number of thioether (sulfide) groups is 1. The van der Waals surface area contributed by atoms with Gasteiger partial charge < -0.3 is 19.8 Å². The Morgan fingerprint density at radius 1 is 1.25 bits per heavy atom. The number of piperidine rings is 1. The molecule has 1 saturated heterocycles. The molecule has 3 aromatic rings. The fourth-order valence-corrected chi connectivity index (χ4v) is 5.77. The summed E-state index contributed by atoms with van der Waals surface area (Å²) in [5, 5.41) is 22.9. The topological polar surface area (TPSA) is 95.8 Å². The number of aromatic nitrogens is 2. The number of ether oxygens (including phenoxy) is 1. The molecule has 36 heavy (non-hydrogen) atoms. The molecule has 1 aromatic carbocycles. The van der Waals surface area contributed by atoms with Gasteiger partial charge in [0.1, 0.15) is 12.4 Å². The molecular formula is C27H32FN3O4S. The minimum absolute atomic E-state index is 0.227. The molecule has 1 atom stereocenters. The van der Waals surface area contributed by atoms with Crippen LogP contribution in [0, 0.1) is 5.41 Å². The molecule has 1 unspecified atom stereocenters. The number of aliphatic hydroxyl groups excluding tert-OH is 1. The third kappa shape index (κ3) is 5.96. The van der Waals surface area contributed by atoms with E-state index < -0.39 is 24.2 Å². The Morgan fingerprint density at radius 3 is 2.72 bits per heavy atom. The number of pyridine rings is 2. The van der Waals surface area contributed by atoms with Crippen LogP contribution in [-0.4, -0.2) is 63.5 Å². The number of likely N-dealkylation sites (tertiary alicyclic amines) is 1. The molecule has 9 heteroatoms. The summed E-state index contributed by atoms with van der Waals surface area (Å²) in [4.78, 5) is 23.3. The lowest BCUT2D eigenvalue weighted by Crippen LogP contribution is -2.45. The first-order valence-corrected chi connectivity index (χ1v) is 13.1. The summed E-state index contributed by atoms with van der Waals surface area (Å²) >= 11 is 1.69. The van der Waals surface area contributed by atoms with E-state index in [1.807, 2.05) is 18.2 Å². The van der Waals surface area contributed by atoms with E-state index in [0.29, 0.717) is 60.1 Å². The smallest absolute Gasteiger partial charge is 0.309 e. The van der Waals surface area contributed by atoms with Crippen LogP contribution in [0.3, 0.4) is 0 Å². The molecule has 2 aromatic heterocycles. The van der Waals surface area contributed by atoms with Crippen LogP contribution in [0.5, 0.6) is 5.75 Å². The van der Waals surface area contributed by atoms with Gasteiger partial charge in [-0.25, -0.2) is 9.37 Å². The second-order valence-electron chi connectivity index (χ2n) is 9.21. The second kappa shape index (κ2) is 12.0. The van der Waals surface area contributed by atoms with Crippen molar-refractivity contribution in [3.8, 4) is 5.75 Å². The molecule has 3 heterocycles. The zero-order valence-corrected chi connectivity index (χ0v) is 21.2. The molecule has 0 amide bonds. The van der Waals surface area contributed by atoms with Gasteiger partial charge in [-0.3, -0.25) is 9.78 Å². The predicted octanol–water partition coefficient (Wildman–Crippen LogP) is 4.88. The Bertz CT molecular complexity index is 1170. The van der Waals surface area contributed by atoms with Crippen LogP contribution in [0.1, 0.15) is 42.9 Å². The SMILES string of the molecule is COc1ccc2ncc(CF)c(C(O)CCC3(C(=O)O)CCN(CCSc4ccccn4)CC3)c2c1. The van der Waals surface area contributed by atoms with Crippen LogP contribution < -0.4 is 4.74 Å². The number of aliphatic hydroxyl groups is 1. The van der Waals surface area contributed by atoms with Crippen LogP contribution in [0.2, 0.25) is 0 Å². The number of halogens is 1. The van der Waals surface area contributed by atoms with E-state index in [-0.39, 0.29) is 6.42 Å². The van der Waals surface area contributed by atoms with Gasteiger partial charge in [-0.05, 0) is 74.7 Å². The van der Waals surface area contributed by atoms with Gasteiger partial charge in [0.25, 0.3) is 0 Å². The first-order valence-electron chi connectivity index (χ1n) is 12.1. The Labute approximate surface area is 214 Å². The summed E-state index contributed by atoms with van der Waals surface area (Å²) in [6.07, 6.45) is 3.80. The molecule has 7 nitrogen and oxygen atoms in total. The highest BCUT2D eigenvalue weighted by atomic mass is 32.2. The molecule has 0 spiro atoms. The largest absolute Gasteiger partial charge is 0.497 e. The maximum absolute atomic E-state index is 13.8. The van der Waals surface area contributed by atoms with E-state index in [1.165, 1.54) is 6.20 Å². The van der Waals surface area contributed by atoms with Crippen LogP contribution in [0.4, 0.5) is 4.39 Å². The zero-order valence-electron chi connectivity index (χ0n) is 20.4. The van der Waals surface area contributed by atoms with Gasteiger partial charge in [0, 0.05) is 35.6 Å². The highest BCUT2D eigenvalue weighted by Gasteiger charge is 2.41. The quantitative estimate of drug-likeness (QED) is 0.350. The van der Waals surface area contributed by atoms with Gasteiger partial charge in [-0.2, -0.15) is 0 Å². The van der Waals surface area contributed by atoms with E-state index in [4.69, 9.17) is 4.74 Å². The highest BCUT2D eigenvalue weighted by molar-refractivity contribution is 7.99. The number of methoxy groups -OCH3 is 1. The molecule has 1 aliphatic heterocycles. The fraction of sp³-hybridized carbons (Fsp3) is 0.444. The van der Waals surface area contributed by atoms with Crippen molar-refractivity contribution in [2.45, 2.75) is 43.5 Å². The van der Waals surface area contributed by atoms with E-state index in [1.54, 1.807) is 43.3 Å². The molecule has 0 bridgehead atoms. The first-order chi connectivity index (χ1) is 17.5. The van der Waals surface area contributed by atoms with E-state index >= 15 is 0 Å². The average Bonchev–Trinajstić information content (AvgIpc) is 2.92. The van der Waals surface area contributed by atoms with Gasteiger partial charge in [-0.1, -0.05) is 6.07 Å². The van der Waals surface area contributed by atoms with Crippen molar-refractivity contribution in [3.05, 3.63) is 59.9 Å². The molecular weight excluding hydrogens is 481 g/mol. The lowest BCUT2D eigenvalue weighted by atomic mass is 9.74.